The highest BCUT2D eigenvalue weighted by Gasteiger charge is 2.24. The Morgan fingerprint density at radius 1 is 1.13 bits per heavy atom. The Morgan fingerprint density at radius 3 is 2.78 bits per heavy atom. The number of aryl methyl sites for hydroxylation is 1. The number of benzene rings is 2. The van der Waals surface area contributed by atoms with E-state index in [-0.39, 0.29) is 18.5 Å². The minimum Gasteiger partial charge on any atom is -0.329 e. The molecule has 3 rings (SSSR count). The van der Waals surface area contributed by atoms with Gasteiger partial charge in [-0.2, -0.15) is 0 Å². The van der Waals surface area contributed by atoms with Crippen LogP contribution in [-0.4, -0.2) is 25.0 Å². The number of fused-ring (bicyclic) bond motifs is 1. The molecule has 0 saturated heterocycles. The summed E-state index contributed by atoms with van der Waals surface area (Å²) in [5.74, 6) is -0.102. The first-order chi connectivity index (χ1) is 11.1. The van der Waals surface area contributed by atoms with E-state index in [9.17, 15) is 9.59 Å². The fraction of sp³-hybridized carbons (Fsp3) is 0.222. The lowest BCUT2D eigenvalue weighted by atomic mass is 10.2. The summed E-state index contributed by atoms with van der Waals surface area (Å²) in [6.07, 6.45) is 0.859. The Morgan fingerprint density at radius 2 is 1.96 bits per heavy atom. The summed E-state index contributed by atoms with van der Waals surface area (Å²) in [5.41, 5.74) is 3.89. The zero-order valence-corrected chi connectivity index (χ0v) is 13.0. The second kappa shape index (κ2) is 6.52. The van der Waals surface area contributed by atoms with Gasteiger partial charge >= 0.3 is 6.03 Å². The molecule has 2 aromatic rings. The summed E-state index contributed by atoms with van der Waals surface area (Å²) < 4.78 is 0. The number of para-hydroxylation sites is 1. The van der Waals surface area contributed by atoms with E-state index in [1.54, 1.807) is 4.90 Å². The van der Waals surface area contributed by atoms with Crippen LogP contribution in [-0.2, 0) is 11.2 Å². The third kappa shape index (κ3) is 3.51. The normalized spacial score (nSPS) is 12.7. The molecule has 1 heterocycles. The number of amides is 3. The van der Waals surface area contributed by atoms with Gasteiger partial charge in [-0.15, -0.1) is 0 Å². The highest BCUT2D eigenvalue weighted by molar-refractivity contribution is 5.99. The monoisotopic (exact) mass is 309 g/mol. The molecule has 3 amide bonds. The molecule has 1 aliphatic heterocycles. The summed E-state index contributed by atoms with van der Waals surface area (Å²) in [7, 11) is 0. The van der Waals surface area contributed by atoms with Crippen LogP contribution in [0.4, 0.5) is 16.2 Å². The van der Waals surface area contributed by atoms with Gasteiger partial charge in [0.2, 0.25) is 5.91 Å². The van der Waals surface area contributed by atoms with Crippen LogP contribution in [0.15, 0.2) is 48.5 Å². The van der Waals surface area contributed by atoms with Crippen LogP contribution in [0, 0.1) is 6.92 Å². The second-order valence-corrected chi connectivity index (χ2v) is 5.60. The topological polar surface area (TPSA) is 61.4 Å². The van der Waals surface area contributed by atoms with Crippen molar-refractivity contribution in [1.29, 1.82) is 0 Å². The van der Waals surface area contributed by atoms with E-state index in [1.807, 2.05) is 55.5 Å². The highest BCUT2D eigenvalue weighted by Crippen LogP contribution is 2.27. The van der Waals surface area contributed by atoms with Crippen LogP contribution in [0.1, 0.15) is 11.1 Å². The number of nitrogens with one attached hydrogen (secondary N) is 2. The van der Waals surface area contributed by atoms with E-state index in [0.29, 0.717) is 12.2 Å². The van der Waals surface area contributed by atoms with Crippen molar-refractivity contribution in [2.24, 2.45) is 0 Å². The fourth-order valence-corrected chi connectivity index (χ4v) is 2.75. The van der Waals surface area contributed by atoms with Gasteiger partial charge in [-0.05, 0) is 42.7 Å². The Bertz CT molecular complexity index is 743. The lowest BCUT2D eigenvalue weighted by Gasteiger charge is -2.17. The predicted octanol–water partition coefficient (Wildman–Crippen LogP) is 2.71. The van der Waals surface area contributed by atoms with Crippen LogP contribution in [0.3, 0.4) is 0 Å². The van der Waals surface area contributed by atoms with E-state index in [4.69, 9.17) is 0 Å². The highest BCUT2D eigenvalue weighted by atomic mass is 16.2. The summed E-state index contributed by atoms with van der Waals surface area (Å²) >= 11 is 0. The first-order valence-corrected chi connectivity index (χ1v) is 7.63. The molecule has 0 fully saturated rings. The molecule has 2 N–H and O–H groups in total. The number of nitrogens with zero attached hydrogens (tertiary/aromatic N) is 1. The number of rotatable bonds is 3. The van der Waals surface area contributed by atoms with Crippen LogP contribution in [0.25, 0.3) is 0 Å². The molecule has 0 radical (unpaired) electrons. The Balaban J connectivity index is 1.54. The molecule has 0 bridgehead atoms. The van der Waals surface area contributed by atoms with Crippen molar-refractivity contribution in [1.82, 2.24) is 5.32 Å². The lowest BCUT2D eigenvalue weighted by molar-refractivity contribution is -0.117. The van der Waals surface area contributed by atoms with Gasteiger partial charge in [-0.25, -0.2) is 4.79 Å². The third-order valence-corrected chi connectivity index (χ3v) is 3.86. The molecule has 0 spiro atoms. The van der Waals surface area contributed by atoms with Crippen LogP contribution in [0.2, 0.25) is 0 Å². The number of urea groups is 1. The molecule has 0 aromatic heterocycles. The van der Waals surface area contributed by atoms with Gasteiger partial charge in [0.25, 0.3) is 0 Å². The van der Waals surface area contributed by atoms with Crippen molar-refractivity contribution >= 4 is 23.3 Å². The van der Waals surface area contributed by atoms with Crippen molar-refractivity contribution in [2.45, 2.75) is 13.3 Å². The van der Waals surface area contributed by atoms with Gasteiger partial charge in [0.05, 0.1) is 6.54 Å². The van der Waals surface area contributed by atoms with E-state index in [1.165, 1.54) is 5.56 Å². The summed E-state index contributed by atoms with van der Waals surface area (Å²) in [5, 5.41) is 5.34. The Kier molecular flexibility index (Phi) is 4.28. The lowest BCUT2D eigenvalue weighted by Crippen LogP contribution is -2.41. The van der Waals surface area contributed by atoms with Crippen molar-refractivity contribution in [3.63, 3.8) is 0 Å². The maximum Gasteiger partial charge on any atom is 0.319 e. The molecule has 0 saturated carbocycles. The van der Waals surface area contributed by atoms with Crippen LogP contribution >= 0.6 is 0 Å². The van der Waals surface area contributed by atoms with Crippen molar-refractivity contribution in [3.05, 3.63) is 59.7 Å². The molecule has 0 unspecified atom stereocenters. The standard InChI is InChI=1S/C18H19N3O2/c1-13-5-4-7-15(11-13)20-18(23)19-12-17(22)21-10-9-14-6-2-3-8-16(14)21/h2-8,11H,9-10,12H2,1H3,(H2,19,20,23). The van der Waals surface area contributed by atoms with Gasteiger partial charge in [-0.3, -0.25) is 4.79 Å². The quantitative estimate of drug-likeness (QED) is 0.916. The molecule has 118 valence electrons. The molecule has 1 aliphatic rings. The Hall–Kier alpha value is -2.82. The Labute approximate surface area is 135 Å². The van der Waals surface area contributed by atoms with E-state index >= 15 is 0 Å². The minimum absolute atomic E-state index is 0.0218. The molecule has 0 aliphatic carbocycles. The minimum atomic E-state index is -0.378. The predicted molar refractivity (Wildman–Crippen MR) is 90.7 cm³/mol. The smallest absolute Gasteiger partial charge is 0.319 e. The van der Waals surface area contributed by atoms with Crippen molar-refractivity contribution in [3.8, 4) is 0 Å². The van der Waals surface area contributed by atoms with Gasteiger partial charge in [0.15, 0.2) is 0 Å². The first kappa shape index (κ1) is 15.1. The zero-order chi connectivity index (χ0) is 16.2. The molecule has 23 heavy (non-hydrogen) atoms. The maximum absolute atomic E-state index is 12.3. The second-order valence-electron chi connectivity index (χ2n) is 5.60. The van der Waals surface area contributed by atoms with Gasteiger partial charge in [0, 0.05) is 17.9 Å². The summed E-state index contributed by atoms with van der Waals surface area (Å²) in [4.78, 5) is 25.9. The first-order valence-electron chi connectivity index (χ1n) is 7.63. The molecule has 0 atom stereocenters. The number of carbonyl (C=O) groups excluding carboxylic acids is 2. The summed E-state index contributed by atoms with van der Waals surface area (Å²) in [6, 6.07) is 15.0. The number of carbonyl (C=O) groups is 2. The van der Waals surface area contributed by atoms with Gasteiger partial charge < -0.3 is 15.5 Å². The average Bonchev–Trinajstić information content (AvgIpc) is 2.97. The van der Waals surface area contributed by atoms with E-state index in [0.717, 1.165) is 17.7 Å². The molecule has 2 aromatic carbocycles. The molecule has 5 heteroatoms. The summed E-state index contributed by atoms with van der Waals surface area (Å²) in [6.45, 7) is 2.60. The molecular weight excluding hydrogens is 290 g/mol. The van der Waals surface area contributed by atoms with E-state index in [2.05, 4.69) is 10.6 Å². The number of hydrogen-bond acceptors (Lipinski definition) is 2. The molecular formula is C18H19N3O2. The van der Waals surface area contributed by atoms with E-state index < -0.39 is 0 Å². The van der Waals surface area contributed by atoms with Gasteiger partial charge in [-0.1, -0.05) is 30.3 Å². The number of anilines is 2. The SMILES string of the molecule is Cc1cccc(NC(=O)NCC(=O)N2CCc3ccccc32)c1. The van der Waals surface area contributed by atoms with Crippen molar-refractivity contribution < 1.29 is 9.59 Å². The van der Waals surface area contributed by atoms with Crippen LogP contribution < -0.4 is 15.5 Å². The van der Waals surface area contributed by atoms with Crippen molar-refractivity contribution in [2.75, 3.05) is 23.3 Å². The number of hydrogen-bond donors (Lipinski definition) is 2. The fourth-order valence-electron chi connectivity index (χ4n) is 2.75. The van der Waals surface area contributed by atoms with Gasteiger partial charge in [0.1, 0.15) is 0 Å². The van der Waals surface area contributed by atoms with Crippen LogP contribution in [0.5, 0.6) is 0 Å². The largest absolute Gasteiger partial charge is 0.329 e. The third-order valence-electron chi connectivity index (χ3n) is 3.86. The molecule has 5 nitrogen and oxygen atoms in total. The maximum atomic E-state index is 12.3. The average molecular weight is 309 g/mol. The zero-order valence-electron chi connectivity index (χ0n) is 13.0.